The van der Waals surface area contributed by atoms with E-state index >= 15 is 0 Å². The molecule has 4 nitrogen and oxygen atoms in total. The number of nitrogens with zero attached hydrogens (tertiary/aromatic N) is 1. The lowest BCUT2D eigenvalue weighted by Crippen LogP contribution is -2.16. The first-order valence-corrected chi connectivity index (χ1v) is 20.9. The minimum absolute atomic E-state index is 0.169. The van der Waals surface area contributed by atoms with Gasteiger partial charge in [-0.05, 0) is 93.5 Å². The zero-order valence-corrected chi connectivity index (χ0v) is 33.6. The number of furan rings is 3. The predicted molar refractivity (Wildman–Crippen MR) is 251 cm³/mol. The summed E-state index contributed by atoms with van der Waals surface area (Å²) in [6.07, 6.45) is 0. The van der Waals surface area contributed by atoms with Gasteiger partial charge in [0, 0.05) is 54.7 Å². The van der Waals surface area contributed by atoms with Crippen molar-refractivity contribution in [1.82, 2.24) is 0 Å². The molecular weight excluding hydrogens is 747 g/mol. The van der Waals surface area contributed by atoms with Crippen molar-refractivity contribution < 1.29 is 13.3 Å². The first-order chi connectivity index (χ1) is 30.0. The Morgan fingerprint density at radius 3 is 1.85 bits per heavy atom. The van der Waals surface area contributed by atoms with E-state index in [-0.39, 0.29) is 5.41 Å². The average Bonchev–Trinajstić information content (AvgIpc) is 4.04. The Bertz CT molecular complexity index is 3730. The summed E-state index contributed by atoms with van der Waals surface area (Å²) in [5.74, 6) is 0. The number of rotatable bonds is 5. The third-order valence-corrected chi connectivity index (χ3v) is 13.1. The summed E-state index contributed by atoms with van der Waals surface area (Å²) in [6, 6.07) is 66.8. The molecule has 0 fully saturated rings. The van der Waals surface area contributed by atoms with Crippen LogP contribution in [-0.4, -0.2) is 0 Å². The lowest BCUT2D eigenvalue weighted by molar-refractivity contribution is 0.660. The Labute approximate surface area is 351 Å². The maximum absolute atomic E-state index is 6.98. The number of hydrogen-bond acceptors (Lipinski definition) is 4. The van der Waals surface area contributed by atoms with E-state index in [9.17, 15) is 0 Å². The summed E-state index contributed by atoms with van der Waals surface area (Å²) < 4.78 is 20.4. The molecule has 4 heteroatoms. The molecule has 0 amide bonds. The maximum atomic E-state index is 6.98. The van der Waals surface area contributed by atoms with Crippen LogP contribution in [0.2, 0.25) is 0 Å². The molecule has 1 aliphatic rings. The molecule has 0 atom stereocenters. The molecule has 1 aliphatic carbocycles. The average molecular weight is 784 g/mol. The zero-order chi connectivity index (χ0) is 40.4. The largest absolute Gasteiger partial charge is 0.456 e. The van der Waals surface area contributed by atoms with Gasteiger partial charge in [-0.25, -0.2) is 0 Å². The second-order valence-corrected chi connectivity index (χ2v) is 16.8. The molecule has 0 unspecified atom stereocenters. The van der Waals surface area contributed by atoms with Crippen LogP contribution < -0.4 is 4.90 Å². The van der Waals surface area contributed by atoms with Crippen molar-refractivity contribution >= 4 is 82.9 Å². The molecule has 0 bridgehead atoms. The number of hydrogen-bond donors (Lipinski definition) is 0. The van der Waals surface area contributed by atoms with E-state index in [0.717, 1.165) is 99.6 Å². The first kappa shape index (κ1) is 34.1. The molecule has 0 saturated heterocycles. The molecule has 13 rings (SSSR count). The molecule has 9 aromatic carbocycles. The molecule has 288 valence electrons. The lowest BCUT2D eigenvalue weighted by Gasteiger charge is -2.28. The molecule has 0 N–H and O–H groups in total. The second kappa shape index (κ2) is 12.6. The van der Waals surface area contributed by atoms with E-state index in [1.165, 1.54) is 27.8 Å². The molecule has 61 heavy (non-hydrogen) atoms. The van der Waals surface area contributed by atoms with E-state index in [1.807, 2.05) is 24.3 Å². The molecule has 0 spiro atoms. The quantitative estimate of drug-likeness (QED) is 0.174. The van der Waals surface area contributed by atoms with Gasteiger partial charge in [0.25, 0.3) is 0 Å². The van der Waals surface area contributed by atoms with Gasteiger partial charge in [0.2, 0.25) is 0 Å². The highest BCUT2D eigenvalue weighted by molar-refractivity contribution is 6.24. The van der Waals surface area contributed by atoms with Crippen LogP contribution in [0.25, 0.3) is 99.2 Å². The topological polar surface area (TPSA) is 42.7 Å². The Morgan fingerprint density at radius 1 is 0.377 bits per heavy atom. The number of benzene rings is 9. The minimum atomic E-state index is -0.169. The van der Waals surface area contributed by atoms with E-state index in [0.29, 0.717) is 0 Å². The van der Waals surface area contributed by atoms with Crippen LogP contribution in [0.1, 0.15) is 25.0 Å². The fraction of sp³-hybridized carbons (Fsp3) is 0.0526. The van der Waals surface area contributed by atoms with Crippen molar-refractivity contribution in [2.45, 2.75) is 19.3 Å². The van der Waals surface area contributed by atoms with Gasteiger partial charge in [0.15, 0.2) is 5.58 Å². The standard InChI is InChI=1S/C57H37NO3/c1-57(2)46-19-9-6-15-39(46)40-29-27-38(32-47(40)57)58(48-20-12-18-42-41-16-7-10-21-49(41)60-55(42)48)37-28-30-51-44(31-37)45-33-52-54(43-17-8-11-22-50(43)59-52)53(56(45)61-51)36-25-23-35(24-26-36)34-13-4-3-5-14-34/h3-33H,1-2H3. The summed E-state index contributed by atoms with van der Waals surface area (Å²) in [4.78, 5) is 2.35. The maximum Gasteiger partial charge on any atom is 0.159 e. The Hall–Kier alpha value is -7.82. The fourth-order valence-corrected chi connectivity index (χ4v) is 10.1. The molecule has 3 aromatic heterocycles. The van der Waals surface area contributed by atoms with Crippen LogP contribution in [-0.2, 0) is 5.41 Å². The zero-order valence-electron chi connectivity index (χ0n) is 33.6. The third-order valence-electron chi connectivity index (χ3n) is 13.1. The molecule has 0 radical (unpaired) electrons. The highest BCUT2D eigenvalue weighted by Gasteiger charge is 2.36. The van der Waals surface area contributed by atoms with Gasteiger partial charge in [0.1, 0.15) is 27.9 Å². The van der Waals surface area contributed by atoms with Crippen molar-refractivity contribution in [2.24, 2.45) is 0 Å². The molecular formula is C57H37NO3. The van der Waals surface area contributed by atoms with Gasteiger partial charge in [-0.15, -0.1) is 0 Å². The summed E-state index contributed by atoms with van der Waals surface area (Å²) in [7, 11) is 0. The number of anilines is 3. The molecule has 0 saturated carbocycles. The van der Waals surface area contributed by atoms with Crippen LogP contribution in [0.5, 0.6) is 0 Å². The summed E-state index contributed by atoms with van der Waals surface area (Å²) in [5.41, 5.74) is 17.6. The Balaban J connectivity index is 1.06. The van der Waals surface area contributed by atoms with Crippen molar-refractivity contribution in [3.8, 4) is 33.4 Å². The summed E-state index contributed by atoms with van der Waals surface area (Å²) >= 11 is 0. The van der Waals surface area contributed by atoms with Crippen molar-refractivity contribution in [3.63, 3.8) is 0 Å². The van der Waals surface area contributed by atoms with E-state index < -0.39 is 0 Å². The van der Waals surface area contributed by atoms with Crippen LogP contribution in [0.4, 0.5) is 17.1 Å². The Kier molecular flexibility index (Phi) is 7.04. The number of para-hydroxylation sites is 3. The molecule has 0 aliphatic heterocycles. The SMILES string of the molecule is CC1(C)c2ccccc2-c2ccc(N(c3ccc4oc5c(-c6ccc(-c7ccccc7)cc6)c6c(cc5c4c3)oc3ccccc36)c3cccc4c3oc3ccccc34)cc21. The van der Waals surface area contributed by atoms with Crippen LogP contribution in [0, 0.1) is 0 Å². The smallest absolute Gasteiger partial charge is 0.159 e. The van der Waals surface area contributed by atoms with Crippen LogP contribution >= 0.6 is 0 Å². The molecule has 12 aromatic rings. The predicted octanol–water partition coefficient (Wildman–Crippen LogP) is 16.5. The van der Waals surface area contributed by atoms with Gasteiger partial charge in [0.05, 0.1) is 5.69 Å². The third kappa shape index (κ3) is 4.93. The first-order valence-electron chi connectivity index (χ1n) is 20.9. The van der Waals surface area contributed by atoms with Crippen LogP contribution in [0.3, 0.4) is 0 Å². The van der Waals surface area contributed by atoms with E-state index in [1.54, 1.807) is 0 Å². The van der Waals surface area contributed by atoms with Gasteiger partial charge in [-0.3, -0.25) is 0 Å². The van der Waals surface area contributed by atoms with E-state index in [4.69, 9.17) is 13.3 Å². The van der Waals surface area contributed by atoms with Crippen LogP contribution in [0.15, 0.2) is 201 Å². The highest BCUT2D eigenvalue weighted by atomic mass is 16.3. The van der Waals surface area contributed by atoms with Gasteiger partial charge >= 0.3 is 0 Å². The van der Waals surface area contributed by atoms with Gasteiger partial charge < -0.3 is 18.2 Å². The Morgan fingerprint density at radius 2 is 1.00 bits per heavy atom. The normalized spacial score (nSPS) is 13.2. The van der Waals surface area contributed by atoms with Crippen molar-refractivity contribution in [2.75, 3.05) is 4.90 Å². The van der Waals surface area contributed by atoms with Crippen molar-refractivity contribution in [1.29, 1.82) is 0 Å². The monoisotopic (exact) mass is 783 g/mol. The minimum Gasteiger partial charge on any atom is -0.456 e. The summed E-state index contributed by atoms with van der Waals surface area (Å²) in [6.45, 7) is 4.67. The molecule has 3 heterocycles. The van der Waals surface area contributed by atoms with Crippen molar-refractivity contribution in [3.05, 3.63) is 199 Å². The van der Waals surface area contributed by atoms with Gasteiger partial charge in [-0.1, -0.05) is 147 Å². The second-order valence-electron chi connectivity index (χ2n) is 16.8. The summed E-state index contributed by atoms with van der Waals surface area (Å²) in [5, 5.41) is 6.30. The number of fused-ring (bicyclic) bond motifs is 12. The lowest BCUT2D eigenvalue weighted by atomic mass is 9.82. The fourth-order valence-electron chi connectivity index (χ4n) is 10.1. The highest BCUT2D eigenvalue weighted by Crippen LogP contribution is 2.52. The van der Waals surface area contributed by atoms with Gasteiger partial charge in [-0.2, -0.15) is 0 Å². The van der Waals surface area contributed by atoms with E-state index in [2.05, 4.69) is 183 Å².